The zero-order chi connectivity index (χ0) is 26.9. The van der Waals surface area contributed by atoms with Crippen molar-refractivity contribution >= 4 is 24.7 Å². The van der Waals surface area contributed by atoms with E-state index in [1.165, 1.54) is 0 Å². The van der Waals surface area contributed by atoms with Gasteiger partial charge in [-0.15, -0.1) is 0 Å². The van der Waals surface area contributed by atoms with Crippen LogP contribution in [-0.4, -0.2) is 58.2 Å². The third-order valence-corrected chi connectivity index (χ3v) is 12.3. The lowest BCUT2D eigenvalue weighted by Crippen LogP contribution is -2.66. The number of carbonyl (C=O) groups is 1. The highest BCUT2D eigenvalue weighted by Gasteiger charge is 2.64. The number of hydrogen-bond donors (Lipinski definition) is 0. The number of methoxy groups -OCH3 is 2. The third-order valence-electron chi connectivity index (χ3n) is 7.51. The summed E-state index contributed by atoms with van der Waals surface area (Å²) in [5.41, 5.74) is 1.04. The van der Waals surface area contributed by atoms with Crippen LogP contribution >= 0.6 is 0 Å². The monoisotopic (exact) mass is 533 g/mol. The molecule has 0 aromatic heterocycles. The van der Waals surface area contributed by atoms with E-state index in [1.807, 2.05) is 54.6 Å². The number of fused-ring (bicyclic) bond motifs is 1. The van der Waals surface area contributed by atoms with E-state index >= 15 is 0 Å². The van der Waals surface area contributed by atoms with Gasteiger partial charge < -0.3 is 14.2 Å². The molecular formula is C30H35NO6Si. The Hall–Kier alpha value is -3.17. The fourth-order valence-corrected chi connectivity index (χ4v) is 9.67. The summed E-state index contributed by atoms with van der Waals surface area (Å²) in [5, 5.41) is 2.03. The van der Waals surface area contributed by atoms with Gasteiger partial charge in [-0.2, -0.15) is 0 Å². The number of benzene rings is 3. The zero-order valence-electron chi connectivity index (χ0n) is 22.5. The van der Waals surface area contributed by atoms with Crippen LogP contribution in [0.2, 0.25) is 5.04 Å². The van der Waals surface area contributed by atoms with Gasteiger partial charge in [0.25, 0.3) is 0 Å². The largest absolute Gasteiger partial charge is 0.493 e. The topological polar surface area (TPSA) is 66.2 Å². The average Bonchev–Trinajstić information content (AvgIpc) is 3.53. The van der Waals surface area contributed by atoms with Crippen molar-refractivity contribution in [1.82, 2.24) is 4.90 Å². The highest BCUT2D eigenvalue weighted by atomic mass is 28.4. The summed E-state index contributed by atoms with van der Waals surface area (Å²) in [7, 11) is 0.382. The molecule has 3 aromatic rings. The van der Waals surface area contributed by atoms with Crippen molar-refractivity contribution in [1.29, 1.82) is 0 Å². The molecule has 2 heterocycles. The van der Waals surface area contributed by atoms with Gasteiger partial charge in [-0.05, 0) is 33.1 Å². The van der Waals surface area contributed by atoms with Crippen LogP contribution in [0.3, 0.4) is 0 Å². The molecule has 2 saturated heterocycles. The molecule has 2 aliphatic rings. The molecular weight excluding hydrogens is 498 g/mol. The lowest BCUT2D eigenvalue weighted by Gasteiger charge is -2.41. The van der Waals surface area contributed by atoms with E-state index in [9.17, 15) is 4.79 Å². The quantitative estimate of drug-likeness (QED) is 0.129. The van der Waals surface area contributed by atoms with Crippen LogP contribution in [0, 0.1) is 0 Å². The number of ether oxygens (including phenoxy) is 3. The number of nitrogens with zero attached hydrogens (tertiary/aromatic N) is 1. The predicted molar refractivity (Wildman–Crippen MR) is 147 cm³/mol. The molecule has 0 bridgehead atoms. The van der Waals surface area contributed by atoms with Gasteiger partial charge in [0.2, 0.25) is 0 Å². The number of esters is 1. The van der Waals surface area contributed by atoms with Gasteiger partial charge in [0.15, 0.2) is 11.5 Å². The van der Waals surface area contributed by atoms with Crippen molar-refractivity contribution in [2.24, 2.45) is 0 Å². The van der Waals surface area contributed by atoms with E-state index in [-0.39, 0.29) is 29.7 Å². The molecule has 0 aliphatic carbocycles. The second kappa shape index (κ2) is 10.5. The van der Waals surface area contributed by atoms with E-state index < -0.39 is 14.4 Å². The molecule has 5 rings (SSSR count). The average molecular weight is 534 g/mol. The van der Waals surface area contributed by atoms with Crippen molar-refractivity contribution < 1.29 is 28.5 Å². The van der Waals surface area contributed by atoms with Crippen molar-refractivity contribution in [3.8, 4) is 11.5 Å². The summed E-state index contributed by atoms with van der Waals surface area (Å²) in [6.07, 6.45) is -0.397. The van der Waals surface area contributed by atoms with Gasteiger partial charge >= 0.3 is 14.3 Å². The van der Waals surface area contributed by atoms with Gasteiger partial charge in [-0.1, -0.05) is 87.5 Å². The number of carbonyl (C=O) groups excluding carboxylic acids is 1. The Morgan fingerprint density at radius 2 is 1.47 bits per heavy atom. The number of hydrogen-bond acceptors (Lipinski definition) is 7. The normalized spacial score (nSPS) is 22.5. The maximum atomic E-state index is 12.6. The van der Waals surface area contributed by atoms with Crippen LogP contribution in [0.5, 0.6) is 11.5 Å². The van der Waals surface area contributed by atoms with E-state index in [4.69, 9.17) is 23.7 Å². The standard InChI is InChI=1S/C30H35NO6Si/c1-30(2,3)38(22-12-8-6-9-13-22,23-14-10-7-11-15-23)37-35-20-26-27-28(29(32)36-26)31(27)19-21-16-17-24(33-4)25(18-21)34-5/h6-18,26-28H,19-20H2,1-5H3/t26-,27-,28-,31?/m1/s1. The molecule has 0 saturated carbocycles. The predicted octanol–water partition coefficient (Wildman–Crippen LogP) is 3.69. The Labute approximate surface area is 225 Å². The van der Waals surface area contributed by atoms with Gasteiger partial charge in [-0.25, -0.2) is 4.89 Å². The molecule has 3 aromatic carbocycles. The second-order valence-electron chi connectivity index (χ2n) is 10.8. The highest BCUT2D eigenvalue weighted by molar-refractivity contribution is 6.99. The lowest BCUT2D eigenvalue weighted by atomic mass is 10.2. The molecule has 2 aliphatic heterocycles. The summed E-state index contributed by atoms with van der Waals surface area (Å²) < 4.78 is 23.0. The van der Waals surface area contributed by atoms with Gasteiger partial charge in [0, 0.05) is 6.54 Å². The number of morpholine rings is 1. The molecule has 8 heteroatoms. The van der Waals surface area contributed by atoms with E-state index in [0.717, 1.165) is 15.9 Å². The maximum Gasteiger partial charge on any atom is 0.325 e. The van der Waals surface area contributed by atoms with E-state index in [2.05, 4.69) is 49.9 Å². The fourth-order valence-electron chi connectivity index (χ4n) is 5.59. The first-order valence-electron chi connectivity index (χ1n) is 12.9. The first-order valence-corrected chi connectivity index (χ1v) is 14.8. The van der Waals surface area contributed by atoms with Crippen LogP contribution in [0.4, 0.5) is 0 Å². The third kappa shape index (κ3) is 4.73. The van der Waals surface area contributed by atoms with Crippen molar-refractivity contribution in [2.75, 3.05) is 20.8 Å². The molecule has 0 amide bonds. The summed E-state index contributed by atoms with van der Waals surface area (Å²) in [4.78, 5) is 20.8. The summed E-state index contributed by atoms with van der Waals surface area (Å²) in [5.74, 6) is 1.13. The fraction of sp³-hybridized carbons (Fsp3) is 0.367. The van der Waals surface area contributed by atoms with Crippen molar-refractivity contribution in [3.63, 3.8) is 0 Å². The summed E-state index contributed by atoms with van der Waals surface area (Å²) in [6.45, 7) is 7.36. The first-order chi connectivity index (χ1) is 18.3. The Kier molecular flexibility index (Phi) is 7.33. The molecule has 4 atom stereocenters. The summed E-state index contributed by atoms with van der Waals surface area (Å²) >= 11 is 0. The molecule has 38 heavy (non-hydrogen) atoms. The van der Waals surface area contributed by atoms with Crippen molar-refractivity contribution in [2.45, 2.75) is 50.5 Å². The Bertz CT molecular complexity index is 1220. The smallest absolute Gasteiger partial charge is 0.325 e. The minimum atomic E-state index is -2.85. The lowest BCUT2D eigenvalue weighted by molar-refractivity contribution is -0.236. The van der Waals surface area contributed by atoms with Gasteiger partial charge in [0.05, 0.1) is 20.3 Å². The summed E-state index contributed by atoms with van der Waals surface area (Å²) in [6, 6.07) is 26.1. The molecule has 1 unspecified atom stereocenters. The zero-order valence-corrected chi connectivity index (χ0v) is 23.5. The highest BCUT2D eigenvalue weighted by Crippen LogP contribution is 2.42. The molecule has 7 nitrogen and oxygen atoms in total. The molecule has 0 spiro atoms. The Morgan fingerprint density at radius 3 is 2.03 bits per heavy atom. The van der Waals surface area contributed by atoms with Gasteiger partial charge in [-0.3, -0.25) is 14.3 Å². The van der Waals surface area contributed by atoms with E-state index in [0.29, 0.717) is 18.0 Å². The number of rotatable bonds is 10. The second-order valence-corrected chi connectivity index (χ2v) is 15.0. The van der Waals surface area contributed by atoms with Crippen LogP contribution in [0.1, 0.15) is 26.3 Å². The van der Waals surface area contributed by atoms with Crippen molar-refractivity contribution in [3.05, 3.63) is 84.4 Å². The molecule has 200 valence electrons. The molecule has 0 N–H and O–H groups in total. The minimum absolute atomic E-state index is 0.0432. The van der Waals surface area contributed by atoms with E-state index in [1.54, 1.807) is 14.2 Å². The number of cyclic esters (lactones) is 1. The molecule has 0 radical (unpaired) electrons. The Morgan fingerprint density at radius 1 is 0.868 bits per heavy atom. The van der Waals surface area contributed by atoms with Crippen LogP contribution < -0.4 is 19.8 Å². The van der Waals surface area contributed by atoms with Crippen LogP contribution in [0.25, 0.3) is 0 Å². The maximum absolute atomic E-state index is 12.6. The molecule has 2 fully saturated rings. The van der Waals surface area contributed by atoms with Crippen LogP contribution in [0.15, 0.2) is 78.9 Å². The first kappa shape index (κ1) is 26.4. The Balaban J connectivity index is 1.32. The van der Waals surface area contributed by atoms with Gasteiger partial charge in [0.1, 0.15) is 18.8 Å². The van der Waals surface area contributed by atoms with Crippen LogP contribution in [-0.2, 0) is 25.5 Å². The minimum Gasteiger partial charge on any atom is -0.493 e. The SMILES string of the molecule is COc1ccc(CN2[C@@H]3[C@@H](COO[Si](c4ccccc4)(c4ccccc4)C(C)(C)C)OC(=O)[C@@H]32)cc1OC.